The number of ketones is 1. The van der Waals surface area contributed by atoms with E-state index < -0.39 is 0 Å². The van der Waals surface area contributed by atoms with Gasteiger partial charge in [0.25, 0.3) is 0 Å². The lowest BCUT2D eigenvalue weighted by molar-refractivity contribution is -0.121. The summed E-state index contributed by atoms with van der Waals surface area (Å²) in [7, 11) is 0. The summed E-state index contributed by atoms with van der Waals surface area (Å²) in [6.45, 7) is 12.2. The molecule has 0 atom stereocenters. The Balaban J connectivity index is 2.33. The molecule has 0 spiro atoms. The summed E-state index contributed by atoms with van der Waals surface area (Å²) in [5, 5.41) is 2.92. The third-order valence-electron chi connectivity index (χ3n) is 4.28. The normalized spacial score (nSPS) is 11.3. The summed E-state index contributed by atoms with van der Waals surface area (Å²) in [6.07, 6.45) is 1.47. The molecule has 0 saturated heterocycles. The van der Waals surface area contributed by atoms with Crippen LogP contribution in [0.15, 0.2) is 24.3 Å². The van der Waals surface area contributed by atoms with Crippen molar-refractivity contribution < 1.29 is 9.59 Å². The van der Waals surface area contributed by atoms with E-state index in [0.717, 1.165) is 13.0 Å². The Morgan fingerprint density at radius 2 is 1.58 bits per heavy atom. The minimum absolute atomic E-state index is 0.0267. The van der Waals surface area contributed by atoms with Gasteiger partial charge in [0.05, 0.1) is 0 Å². The second kappa shape index (κ2) is 10.2. The average molecular weight is 332 g/mol. The van der Waals surface area contributed by atoms with E-state index in [1.807, 2.05) is 24.3 Å². The van der Waals surface area contributed by atoms with Crippen molar-refractivity contribution >= 4 is 11.7 Å². The maximum absolute atomic E-state index is 12.1. The Kier molecular flexibility index (Phi) is 8.69. The zero-order chi connectivity index (χ0) is 18.1. The number of aryl methyl sites for hydroxylation is 1. The molecule has 0 bridgehead atoms. The Labute approximate surface area is 146 Å². The predicted molar refractivity (Wildman–Crippen MR) is 99.4 cm³/mol. The number of carbonyl (C=O) groups excluding carboxylic acids is 2. The van der Waals surface area contributed by atoms with Crippen molar-refractivity contribution in [3.8, 4) is 0 Å². The zero-order valence-electron chi connectivity index (χ0n) is 15.8. The topological polar surface area (TPSA) is 49.4 Å². The molecule has 0 aromatic heterocycles. The van der Waals surface area contributed by atoms with E-state index >= 15 is 0 Å². The molecule has 24 heavy (non-hydrogen) atoms. The molecule has 0 saturated carbocycles. The van der Waals surface area contributed by atoms with Crippen LogP contribution in [0.5, 0.6) is 0 Å². The first-order valence-electron chi connectivity index (χ1n) is 8.99. The van der Waals surface area contributed by atoms with Crippen molar-refractivity contribution in [1.82, 2.24) is 10.2 Å². The van der Waals surface area contributed by atoms with Gasteiger partial charge in [-0.1, -0.05) is 31.2 Å². The van der Waals surface area contributed by atoms with Crippen LogP contribution in [0, 0.1) is 0 Å². The molecule has 0 aliphatic heterocycles. The second-order valence-corrected chi connectivity index (χ2v) is 6.75. The van der Waals surface area contributed by atoms with Crippen molar-refractivity contribution in [3.05, 3.63) is 35.4 Å². The molecule has 1 N–H and O–H groups in total. The first kappa shape index (κ1) is 20.4. The minimum Gasteiger partial charge on any atom is -0.355 e. The lowest BCUT2D eigenvalue weighted by atomic mass is 10.0. The third-order valence-corrected chi connectivity index (χ3v) is 4.28. The van der Waals surface area contributed by atoms with Gasteiger partial charge < -0.3 is 5.32 Å². The van der Waals surface area contributed by atoms with Gasteiger partial charge in [-0.2, -0.15) is 0 Å². The summed E-state index contributed by atoms with van der Waals surface area (Å²) in [6, 6.07) is 8.55. The molecule has 4 heteroatoms. The molecule has 1 aromatic carbocycles. The third kappa shape index (κ3) is 6.83. The molecule has 0 aliphatic rings. The van der Waals surface area contributed by atoms with E-state index in [0.29, 0.717) is 24.2 Å². The highest BCUT2D eigenvalue weighted by Gasteiger charge is 2.13. The molecular formula is C20H32N2O2. The Morgan fingerprint density at radius 1 is 1.00 bits per heavy atom. The molecule has 4 nitrogen and oxygen atoms in total. The van der Waals surface area contributed by atoms with Crippen LogP contribution >= 0.6 is 0 Å². The minimum atomic E-state index is -0.0546. The van der Waals surface area contributed by atoms with E-state index in [1.165, 1.54) is 5.56 Å². The van der Waals surface area contributed by atoms with Crippen molar-refractivity contribution in [3.63, 3.8) is 0 Å². The van der Waals surface area contributed by atoms with Crippen LogP contribution in [0.25, 0.3) is 0 Å². The lowest BCUT2D eigenvalue weighted by Gasteiger charge is -2.30. The first-order chi connectivity index (χ1) is 11.3. The van der Waals surface area contributed by atoms with E-state index in [9.17, 15) is 9.59 Å². The van der Waals surface area contributed by atoms with Crippen LogP contribution in [0.4, 0.5) is 0 Å². The molecule has 0 unspecified atom stereocenters. The first-order valence-corrected chi connectivity index (χ1v) is 8.99. The summed E-state index contributed by atoms with van der Waals surface area (Å²) in [5.41, 5.74) is 1.90. The van der Waals surface area contributed by atoms with E-state index in [1.54, 1.807) is 0 Å². The molecule has 1 rings (SSSR count). The fourth-order valence-corrected chi connectivity index (χ4v) is 2.82. The quantitative estimate of drug-likeness (QED) is 0.668. The van der Waals surface area contributed by atoms with Crippen LogP contribution in [-0.4, -0.2) is 41.8 Å². The molecule has 1 amide bonds. The Morgan fingerprint density at radius 3 is 2.08 bits per heavy atom. The van der Waals surface area contributed by atoms with Crippen LogP contribution in [0.2, 0.25) is 0 Å². The maximum Gasteiger partial charge on any atom is 0.220 e. The number of rotatable bonds is 10. The predicted octanol–water partition coefficient (Wildman–Crippen LogP) is 3.45. The van der Waals surface area contributed by atoms with Gasteiger partial charge in [0.15, 0.2) is 5.78 Å². The van der Waals surface area contributed by atoms with Gasteiger partial charge in [0.2, 0.25) is 5.91 Å². The number of amides is 1. The number of nitrogens with zero attached hydrogens (tertiary/aromatic N) is 1. The molecule has 0 heterocycles. The van der Waals surface area contributed by atoms with E-state index in [4.69, 9.17) is 0 Å². The molecule has 0 fully saturated rings. The van der Waals surface area contributed by atoms with Crippen LogP contribution in [0.3, 0.4) is 0 Å². The maximum atomic E-state index is 12.1. The van der Waals surface area contributed by atoms with Crippen molar-refractivity contribution in [2.75, 3.05) is 13.1 Å². The van der Waals surface area contributed by atoms with E-state index in [-0.39, 0.29) is 24.5 Å². The van der Waals surface area contributed by atoms with Gasteiger partial charge in [-0.3, -0.25) is 14.5 Å². The van der Waals surface area contributed by atoms with Gasteiger partial charge in [-0.15, -0.1) is 0 Å². The van der Waals surface area contributed by atoms with Gasteiger partial charge in [-0.05, 0) is 39.7 Å². The highest BCUT2D eigenvalue weighted by atomic mass is 16.2. The van der Waals surface area contributed by atoms with Gasteiger partial charge in [-0.25, -0.2) is 0 Å². The number of carbonyl (C=O) groups is 2. The summed E-state index contributed by atoms with van der Waals surface area (Å²) >= 11 is 0. The summed E-state index contributed by atoms with van der Waals surface area (Å²) < 4.78 is 0. The van der Waals surface area contributed by atoms with E-state index in [2.05, 4.69) is 44.8 Å². The number of Topliss-reactive ketones (excluding diaryl/α,β-unsaturated/α-hetero) is 1. The smallest absolute Gasteiger partial charge is 0.220 e. The van der Waals surface area contributed by atoms with Crippen molar-refractivity contribution in [2.45, 2.75) is 66.0 Å². The van der Waals surface area contributed by atoms with Crippen LogP contribution in [-0.2, 0) is 11.2 Å². The second-order valence-electron chi connectivity index (χ2n) is 6.75. The highest BCUT2D eigenvalue weighted by Crippen LogP contribution is 2.09. The molecular weight excluding hydrogens is 300 g/mol. The van der Waals surface area contributed by atoms with Crippen molar-refractivity contribution in [2.24, 2.45) is 0 Å². The number of hydrogen-bond donors (Lipinski definition) is 1. The zero-order valence-corrected chi connectivity index (χ0v) is 15.8. The molecule has 134 valence electrons. The summed E-state index contributed by atoms with van der Waals surface area (Å²) in [4.78, 5) is 26.4. The lowest BCUT2D eigenvalue weighted by Crippen LogP contribution is -2.42. The van der Waals surface area contributed by atoms with Crippen LogP contribution < -0.4 is 5.32 Å². The summed E-state index contributed by atoms with van der Waals surface area (Å²) in [5.74, 6) is -0.0280. The standard InChI is InChI=1S/C20H32N2O2/c1-6-17-7-9-18(10-8-17)19(23)11-12-20(24)21-13-14-22(15(2)3)16(4)5/h7-10,15-16H,6,11-14H2,1-5H3,(H,21,24). The van der Waals surface area contributed by atoms with Crippen LogP contribution in [0.1, 0.15) is 63.4 Å². The Hall–Kier alpha value is -1.68. The van der Waals surface area contributed by atoms with Gasteiger partial charge >= 0.3 is 0 Å². The molecule has 1 aromatic rings. The number of benzene rings is 1. The molecule has 0 radical (unpaired) electrons. The fourth-order valence-electron chi connectivity index (χ4n) is 2.82. The number of hydrogen-bond acceptors (Lipinski definition) is 3. The van der Waals surface area contributed by atoms with Crippen molar-refractivity contribution in [1.29, 1.82) is 0 Å². The number of nitrogens with one attached hydrogen (secondary N) is 1. The van der Waals surface area contributed by atoms with Gasteiger partial charge in [0, 0.05) is 43.6 Å². The monoisotopic (exact) mass is 332 g/mol. The SMILES string of the molecule is CCc1ccc(C(=O)CCC(=O)NCCN(C(C)C)C(C)C)cc1. The Bertz CT molecular complexity index is 513. The molecule has 0 aliphatic carbocycles. The highest BCUT2D eigenvalue weighted by molar-refractivity contribution is 5.97. The fraction of sp³-hybridized carbons (Fsp3) is 0.600. The van der Waals surface area contributed by atoms with Gasteiger partial charge in [0.1, 0.15) is 0 Å². The largest absolute Gasteiger partial charge is 0.355 e. The average Bonchev–Trinajstić information content (AvgIpc) is 2.55.